The van der Waals surface area contributed by atoms with E-state index in [1.165, 1.54) is 19.3 Å². The predicted molar refractivity (Wildman–Crippen MR) is 134 cm³/mol. The highest BCUT2D eigenvalue weighted by molar-refractivity contribution is 7.80. The quantitative estimate of drug-likeness (QED) is 0.293. The van der Waals surface area contributed by atoms with E-state index in [-0.39, 0.29) is 17.8 Å². The molecule has 0 saturated heterocycles. The lowest BCUT2D eigenvalue weighted by Crippen LogP contribution is -2.73. The Morgan fingerprint density at radius 2 is 1.74 bits per heavy atom. The summed E-state index contributed by atoms with van der Waals surface area (Å²) in [6.45, 7) is 11.0. The molecule has 0 spiro atoms. The van der Waals surface area contributed by atoms with Crippen LogP contribution >= 0.6 is 0 Å². The molecule has 0 bridgehead atoms. The highest BCUT2D eigenvalue weighted by Gasteiger charge is 2.71. The highest BCUT2D eigenvalue weighted by Crippen LogP contribution is 2.69. The van der Waals surface area contributed by atoms with Crippen LogP contribution in [0.15, 0.2) is 11.6 Å². The number of rotatable bonds is 7. The minimum absolute atomic E-state index is 0.0298. The molecule has 0 aromatic carbocycles. The van der Waals surface area contributed by atoms with Crippen LogP contribution in [0.25, 0.3) is 0 Å². The number of aliphatic hydroxyl groups is 3. The first-order valence-corrected chi connectivity index (χ1v) is 14.9. The first-order valence-electron chi connectivity index (χ1n) is 13.6. The van der Waals surface area contributed by atoms with Crippen LogP contribution in [0.2, 0.25) is 0 Å². The van der Waals surface area contributed by atoms with Gasteiger partial charge in [0.05, 0.1) is 11.7 Å². The molecule has 35 heavy (non-hydrogen) atoms. The number of fused-ring (bicyclic) bond motifs is 5. The number of hydrogen-bond donors (Lipinski definition) is 4. The molecule has 8 heteroatoms. The Morgan fingerprint density at radius 1 is 1.06 bits per heavy atom. The summed E-state index contributed by atoms with van der Waals surface area (Å²) in [5.41, 5.74) is -3.52. The summed E-state index contributed by atoms with van der Waals surface area (Å²) in [7, 11) is -4.86. The molecule has 4 aliphatic rings. The van der Waals surface area contributed by atoms with Crippen molar-refractivity contribution in [2.24, 2.45) is 34.5 Å². The highest BCUT2D eigenvalue weighted by atomic mass is 32.3. The third-order valence-electron chi connectivity index (χ3n) is 10.8. The topological polar surface area (TPSA) is 124 Å². The maximum atomic E-state index is 12.3. The minimum atomic E-state index is -4.86. The monoisotopic (exact) mass is 514 g/mol. The average Bonchev–Trinajstić information content (AvgIpc) is 3.08. The molecular formula is C27H46O7S. The Morgan fingerprint density at radius 3 is 2.37 bits per heavy atom. The van der Waals surface area contributed by atoms with Crippen LogP contribution in [0.4, 0.5) is 0 Å². The standard InChI is InChI=1S/C27H46O7S/c1-17(2)7-6-8-18(3)20-9-10-21-22-15-23(34-35(31,32)33)27(30)16-19(28)11-12-25(27,5)26(22,29)14-13-24(20,21)4/h15,17-21,23,28-30H,6-14,16H2,1-5H3,(H,31,32,33)/t18-,19+,20-,21+,23?,24-,25-,26-,27+/m1/s1. The smallest absolute Gasteiger partial charge is 0.393 e. The van der Waals surface area contributed by atoms with Gasteiger partial charge in [0, 0.05) is 11.8 Å². The van der Waals surface area contributed by atoms with E-state index >= 15 is 0 Å². The Bertz CT molecular complexity index is 947. The maximum Gasteiger partial charge on any atom is 0.398 e. The molecule has 0 aromatic rings. The molecule has 0 heterocycles. The molecule has 7 nitrogen and oxygen atoms in total. The summed E-state index contributed by atoms with van der Waals surface area (Å²) in [6.07, 6.45) is 6.89. The molecule has 4 rings (SSSR count). The largest absolute Gasteiger partial charge is 0.398 e. The van der Waals surface area contributed by atoms with Gasteiger partial charge in [0.15, 0.2) is 0 Å². The van der Waals surface area contributed by atoms with Gasteiger partial charge >= 0.3 is 10.4 Å². The van der Waals surface area contributed by atoms with Crippen molar-refractivity contribution in [2.45, 2.75) is 122 Å². The molecule has 4 N–H and O–H groups in total. The molecule has 3 saturated carbocycles. The van der Waals surface area contributed by atoms with Crippen LogP contribution in [0, 0.1) is 34.5 Å². The third kappa shape index (κ3) is 4.34. The van der Waals surface area contributed by atoms with E-state index in [9.17, 15) is 28.3 Å². The van der Waals surface area contributed by atoms with Crippen LogP contribution < -0.4 is 0 Å². The van der Waals surface area contributed by atoms with Crippen LogP contribution in [0.3, 0.4) is 0 Å². The molecule has 3 fully saturated rings. The molecule has 4 aliphatic carbocycles. The van der Waals surface area contributed by atoms with Crippen molar-refractivity contribution in [1.29, 1.82) is 0 Å². The van der Waals surface area contributed by atoms with Gasteiger partial charge in [-0.15, -0.1) is 0 Å². The molecule has 0 aliphatic heterocycles. The van der Waals surface area contributed by atoms with Crippen molar-refractivity contribution < 1.29 is 32.5 Å². The summed E-state index contributed by atoms with van der Waals surface area (Å²) in [6, 6.07) is 0. The summed E-state index contributed by atoms with van der Waals surface area (Å²) >= 11 is 0. The second-order valence-corrected chi connectivity index (χ2v) is 14.2. The minimum Gasteiger partial charge on any atom is -0.393 e. The predicted octanol–water partition coefficient (Wildman–Crippen LogP) is 4.42. The molecule has 1 unspecified atom stereocenters. The van der Waals surface area contributed by atoms with Crippen LogP contribution in [-0.2, 0) is 14.6 Å². The maximum absolute atomic E-state index is 12.3. The summed E-state index contributed by atoms with van der Waals surface area (Å²) < 4.78 is 38.2. The van der Waals surface area contributed by atoms with E-state index in [4.69, 9.17) is 4.18 Å². The zero-order chi connectivity index (χ0) is 26.0. The lowest BCUT2D eigenvalue weighted by atomic mass is 9.43. The Kier molecular flexibility index (Phi) is 7.12. The molecule has 0 amide bonds. The molecule has 202 valence electrons. The first kappa shape index (κ1) is 27.5. The SMILES string of the molecule is CC(C)CCC[C@@H](C)[C@H]1CC[C@H]2C3=CC(OS(=O)(=O)O)[C@@]4(O)C[C@@H](O)CC[C@]4(C)[C@@]3(O)CC[C@]12C. The van der Waals surface area contributed by atoms with E-state index in [0.717, 1.165) is 24.8 Å². The Balaban J connectivity index is 1.72. The van der Waals surface area contributed by atoms with Gasteiger partial charge in [-0.2, -0.15) is 8.42 Å². The average molecular weight is 515 g/mol. The third-order valence-corrected chi connectivity index (χ3v) is 11.3. The summed E-state index contributed by atoms with van der Waals surface area (Å²) in [5.74, 6) is 1.81. The van der Waals surface area contributed by atoms with E-state index in [1.54, 1.807) is 13.0 Å². The normalized spacial score (nSPS) is 46.5. The molecule has 9 atom stereocenters. The van der Waals surface area contributed by atoms with Crippen molar-refractivity contribution in [3.05, 3.63) is 11.6 Å². The second kappa shape index (κ2) is 9.05. The lowest BCUT2D eigenvalue weighted by Gasteiger charge is -2.66. The zero-order valence-corrected chi connectivity index (χ0v) is 22.9. The first-order chi connectivity index (χ1) is 16.1. The second-order valence-electron chi connectivity index (χ2n) is 13.1. The van der Waals surface area contributed by atoms with Gasteiger partial charge in [-0.05, 0) is 79.3 Å². The van der Waals surface area contributed by atoms with Gasteiger partial charge in [-0.25, -0.2) is 4.18 Å². The van der Waals surface area contributed by atoms with Crippen molar-refractivity contribution in [3.63, 3.8) is 0 Å². The van der Waals surface area contributed by atoms with Crippen LogP contribution in [0.5, 0.6) is 0 Å². The van der Waals surface area contributed by atoms with Gasteiger partial charge in [-0.1, -0.05) is 53.9 Å². The van der Waals surface area contributed by atoms with Crippen molar-refractivity contribution in [1.82, 2.24) is 0 Å². The van der Waals surface area contributed by atoms with Crippen molar-refractivity contribution in [2.75, 3.05) is 0 Å². The van der Waals surface area contributed by atoms with E-state index in [1.807, 2.05) is 0 Å². The fourth-order valence-electron chi connectivity index (χ4n) is 8.74. The molecular weight excluding hydrogens is 468 g/mol. The number of aliphatic hydroxyl groups excluding tert-OH is 1. The van der Waals surface area contributed by atoms with Gasteiger partial charge < -0.3 is 15.3 Å². The van der Waals surface area contributed by atoms with Crippen molar-refractivity contribution in [3.8, 4) is 0 Å². The number of hydrogen-bond acceptors (Lipinski definition) is 6. The van der Waals surface area contributed by atoms with Gasteiger partial charge in [0.2, 0.25) is 0 Å². The Hall–Kier alpha value is -0.510. The molecule has 0 aromatic heterocycles. The van der Waals surface area contributed by atoms with Gasteiger partial charge in [0.25, 0.3) is 0 Å². The summed E-state index contributed by atoms with van der Waals surface area (Å²) in [4.78, 5) is 0. The fraction of sp³-hybridized carbons (Fsp3) is 0.926. The van der Waals surface area contributed by atoms with Crippen LogP contribution in [0.1, 0.15) is 98.8 Å². The van der Waals surface area contributed by atoms with Gasteiger partial charge in [0.1, 0.15) is 11.7 Å². The van der Waals surface area contributed by atoms with E-state index < -0.39 is 39.2 Å². The summed E-state index contributed by atoms with van der Waals surface area (Å²) in [5, 5.41) is 34.6. The molecule has 0 radical (unpaired) electrons. The lowest BCUT2D eigenvalue weighted by molar-refractivity contribution is -0.255. The Labute approximate surface area is 211 Å². The van der Waals surface area contributed by atoms with E-state index in [0.29, 0.717) is 37.0 Å². The van der Waals surface area contributed by atoms with E-state index in [2.05, 4.69) is 27.7 Å². The van der Waals surface area contributed by atoms with Crippen molar-refractivity contribution >= 4 is 10.4 Å². The van der Waals surface area contributed by atoms with Gasteiger partial charge in [-0.3, -0.25) is 4.55 Å². The zero-order valence-electron chi connectivity index (χ0n) is 22.0. The van der Waals surface area contributed by atoms with Crippen LogP contribution in [-0.4, -0.2) is 51.7 Å². The fourth-order valence-corrected chi connectivity index (χ4v) is 9.22.